The van der Waals surface area contributed by atoms with E-state index in [9.17, 15) is 0 Å². The molecule has 3 heteroatoms. The summed E-state index contributed by atoms with van der Waals surface area (Å²) < 4.78 is 0. The van der Waals surface area contributed by atoms with Crippen LogP contribution in [0.5, 0.6) is 0 Å². The predicted octanol–water partition coefficient (Wildman–Crippen LogP) is -2.75. The number of rotatable bonds is 1. The molecule has 2 nitrogen and oxygen atoms in total. The number of nitrogens with one attached hydrogen (secondary N) is 1. The van der Waals surface area contributed by atoms with Crippen molar-refractivity contribution in [3.05, 3.63) is 24.3 Å². The maximum Gasteiger partial charge on any atom is 0.158 e. The van der Waals surface area contributed by atoms with Crippen LogP contribution in [0.2, 0.25) is 0 Å². The number of hydrogen-bond acceptors (Lipinski definition) is 1. The van der Waals surface area contributed by atoms with E-state index in [-0.39, 0.29) is 17.0 Å². The van der Waals surface area contributed by atoms with Crippen LogP contribution in [-0.2, 0) is 0 Å². The number of para-hydroxylation sites is 2. The van der Waals surface area contributed by atoms with Gasteiger partial charge in [0.1, 0.15) is 5.69 Å². The normalized spacial score (nSPS) is 18.3. The highest BCUT2D eigenvalue weighted by atomic mass is 79.9. The Morgan fingerprint density at radius 1 is 1.50 bits per heavy atom. The van der Waals surface area contributed by atoms with Crippen molar-refractivity contribution < 1.29 is 21.9 Å². The van der Waals surface area contributed by atoms with Crippen LogP contribution >= 0.6 is 0 Å². The van der Waals surface area contributed by atoms with E-state index in [1.807, 2.05) is 0 Å². The van der Waals surface area contributed by atoms with E-state index in [2.05, 4.69) is 42.1 Å². The van der Waals surface area contributed by atoms with Crippen molar-refractivity contribution in [1.29, 1.82) is 0 Å². The number of hydrogen-bond donors (Lipinski definition) is 1. The van der Waals surface area contributed by atoms with Gasteiger partial charge in [0.05, 0.1) is 13.6 Å². The summed E-state index contributed by atoms with van der Waals surface area (Å²) >= 11 is 0. The van der Waals surface area contributed by atoms with E-state index in [4.69, 9.17) is 6.42 Å². The molecule has 1 aliphatic rings. The lowest BCUT2D eigenvalue weighted by atomic mass is 10.2. The van der Waals surface area contributed by atoms with Crippen LogP contribution in [0, 0.1) is 12.3 Å². The van der Waals surface area contributed by atoms with Gasteiger partial charge >= 0.3 is 0 Å². The minimum absolute atomic E-state index is 0. The molecule has 0 bridgehead atoms. The maximum atomic E-state index is 5.31. The summed E-state index contributed by atoms with van der Waals surface area (Å²) in [5.41, 5.74) is 2.62. The molecule has 2 rings (SSSR count). The zero-order valence-corrected chi connectivity index (χ0v) is 9.71. The average Bonchev–Trinajstić information content (AvgIpc) is 2.46. The SMILES string of the molecule is C#CCN1C[NH+](C)c2ccccc21.[Br-]. The lowest BCUT2D eigenvalue weighted by Gasteiger charge is -2.11. The summed E-state index contributed by atoms with van der Waals surface area (Å²) in [6.45, 7) is 1.68. The molecule has 0 radical (unpaired) electrons. The Kier molecular flexibility index (Phi) is 3.56. The third-order valence-corrected chi connectivity index (χ3v) is 2.41. The van der Waals surface area contributed by atoms with Gasteiger partial charge in [-0.3, -0.25) is 4.90 Å². The smallest absolute Gasteiger partial charge is 0.158 e. The van der Waals surface area contributed by atoms with Gasteiger partial charge in [0.2, 0.25) is 0 Å². The zero-order valence-electron chi connectivity index (χ0n) is 8.13. The van der Waals surface area contributed by atoms with Crippen molar-refractivity contribution in [3.63, 3.8) is 0 Å². The Hall–Kier alpha value is -0.980. The summed E-state index contributed by atoms with van der Waals surface area (Å²) in [4.78, 5) is 3.64. The van der Waals surface area contributed by atoms with Crippen molar-refractivity contribution >= 4 is 11.4 Å². The minimum atomic E-state index is 0. The molecule has 0 aliphatic carbocycles. The fraction of sp³-hybridized carbons (Fsp3) is 0.273. The van der Waals surface area contributed by atoms with Crippen LogP contribution in [0.3, 0.4) is 0 Å². The molecule has 14 heavy (non-hydrogen) atoms. The topological polar surface area (TPSA) is 7.68 Å². The Labute approximate surface area is 95.3 Å². The Morgan fingerprint density at radius 3 is 2.93 bits per heavy atom. The summed E-state index contributed by atoms with van der Waals surface area (Å²) in [6, 6.07) is 8.41. The number of halogens is 1. The van der Waals surface area contributed by atoms with Crippen LogP contribution < -0.4 is 26.8 Å². The van der Waals surface area contributed by atoms with Crippen molar-refractivity contribution in [2.75, 3.05) is 25.2 Å². The molecule has 0 saturated heterocycles. The van der Waals surface area contributed by atoms with E-state index in [1.54, 1.807) is 0 Å². The summed E-state index contributed by atoms with van der Waals surface area (Å²) in [7, 11) is 2.16. The monoisotopic (exact) mass is 252 g/mol. The molecular formula is C11H13BrN2. The van der Waals surface area contributed by atoms with Crippen LogP contribution in [0.1, 0.15) is 0 Å². The number of quaternary nitrogens is 1. The second-order valence-electron chi connectivity index (χ2n) is 3.36. The molecule has 0 fully saturated rings. The molecular weight excluding hydrogens is 240 g/mol. The molecule has 1 aromatic rings. The standard InChI is InChI=1S/C11H12N2.BrH/c1-3-8-13-9-12(2)10-6-4-5-7-11(10)13;/h1,4-7H,8-9H2,2H3;1H. The highest BCUT2D eigenvalue weighted by molar-refractivity contribution is 5.65. The van der Waals surface area contributed by atoms with E-state index >= 15 is 0 Å². The molecule has 0 aromatic heterocycles. The maximum absolute atomic E-state index is 5.31. The molecule has 1 aromatic carbocycles. The second-order valence-corrected chi connectivity index (χ2v) is 3.36. The first-order valence-corrected chi connectivity index (χ1v) is 4.43. The minimum Gasteiger partial charge on any atom is -1.00 e. The van der Waals surface area contributed by atoms with Crippen LogP contribution in [0.25, 0.3) is 0 Å². The van der Waals surface area contributed by atoms with Gasteiger partial charge in [-0.1, -0.05) is 18.1 Å². The van der Waals surface area contributed by atoms with Gasteiger partial charge in [0.15, 0.2) is 12.4 Å². The van der Waals surface area contributed by atoms with E-state index in [0.29, 0.717) is 6.54 Å². The molecule has 74 valence electrons. The van der Waals surface area contributed by atoms with E-state index in [1.165, 1.54) is 16.3 Å². The predicted molar refractivity (Wildman–Crippen MR) is 54.0 cm³/mol. The van der Waals surface area contributed by atoms with Gasteiger partial charge in [-0.2, -0.15) is 0 Å². The quantitative estimate of drug-likeness (QED) is 0.533. The van der Waals surface area contributed by atoms with Gasteiger partial charge in [0.25, 0.3) is 0 Å². The molecule has 0 saturated carbocycles. The number of nitrogens with zero attached hydrogens (tertiary/aromatic N) is 1. The molecule has 1 aliphatic heterocycles. The highest BCUT2D eigenvalue weighted by Crippen LogP contribution is 2.24. The van der Waals surface area contributed by atoms with Gasteiger partial charge in [0, 0.05) is 6.07 Å². The van der Waals surface area contributed by atoms with Gasteiger partial charge in [-0.05, 0) is 6.07 Å². The van der Waals surface area contributed by atoms with Crippen molar-refractivity contribution in [2.45, 2.75) is 0 Å². The molecule has 1 N–H and O–H groups in total. The third-order valence-electron chi connectivity index (χ3n) is 2.41. The molecule has 1 heterocycles. The summed E-state index contributed by atoms with van der Waals surface area (Å²) in [5, 5.41) is 0. The Bertz CT molecular complexity index is 357. The zero-order chi connectivity index (χ0) is 9.26. The second kappa shape index (κ2) is 4.50. The van der Waals surface area contributed by atoms with E-state index < -0.39 is 0 Å². The van der Waals surface area contributed by atoms with Gasteiger partial charge in [-0.25, -0.2) is 0 Å². The largest absolute Gasteiger partial charge is 1.00 e. The van der Waals surface area contributed by atoms with Gasteiger partial charge in [-0.15, -0.1) is 6.42 Å². The highest BCUT2D eigenvalue weighted by Gasteiger charge is 2.26. The van der Waals surface area contributed by atoms with Crippen LogP contribution in [0.15, 0.2) is 24.3 Å². The number of anilines is 1. The average molecular weight is 253 g/mol. The summed E-state index contributed by atoms with van der Waals surface area (Å²) in [6.07, 6.45) is 5.31. The lowest BCUT2D eigenvalue weighted by molar-refractivity contribution is -0.802. The number of fused-ring (bicyclic) bond motifs is 1. The Balaban J connectivity index is 0.000000980. The fourth-order valence-corrected chi connectivity index (χ4v) is 1.82. The summed E-state index contributed by atoms with van der Waals surface area (Å²) in [5.74, 6) is 2.68. The van der Waals surface area contributed by atoms with Gasteiger partial charge < -0.3 is 21.9 Å². The van der Waals surface area contributed by atoms with Crippen molar-refractivity contribution in [3.8, 4) is 12.3 Å². The third kappa shape index (κ3) is 1.77. The first-order valence-electron chi connectivity index (χ1n) is 4.43. The van der Waals surface area contributed by atoms with Crippen LogP contribution in [0.4, 0.5) is 11.4 Å². The first-order chi connectivity index (χ1) is 6.33. The molecule has 1 unspecified atom stereocenters. The van der Waals surface area contributed by atoms with Crippen LogP contribution in [-0.4, -0.2) is 20.3 Å². The molecule has 0 amide bonds. The molecule has 1 atom stereocenters. The fourth-order valence-electron chi connectivity index (χ4n) is 1.82. The van der Waals surface area contributed by atoms with Crippen molar-refractivity contribution in [1.82, 2.24) is 0 Å². The number of terminal acetylenes is 1. The lowest BCUT2D eigenvalue weighted by Crippen LogP contribution is -3.03. The van der Waals surface area contributed by atoms with E-state index in [0.717, 1.165) is 6.67 Å². The Morgan fingerprint density at radius 2 is 2.21 bits per heavy atom. The number of benzene rings is 1. The van der Waals surface area contributed by atoms with Crippen molar-refractivity contribution in [2.24, 2.45) is 0 Å². The first kappa shape index (κ1) is 11.1. The molecule has 0 spiro atoms.